The molecule has 80 valence electrons. The van der Waals surface area contributed by atoms with Crippen LogP contribution < -0.4 is 4.72 Å². The summed E-state index contributed by atoms with van der Waals surface area (Å²) in [7, 11) is -3.31. The van der Waals surface area contributed by atoms with E-state index in [9.17, 15) is 8.42 Å². The zero-order valence-corrected chi connectivity index (χ0v) is 9.00. The van der Waals surface area contributed by atoms with E-state index < -0.39 is 10.0 Å². The normalized spacial score (nSPS) is 10.9. The second-order valence-electron chi connectivity index (χ2n) is 3.03. The molecule has 0 spiro atoms. The van der Waals surface area contributed by atoms with Crippen molar-refractivity contribution in [2.24, 2.45) is 0 Å². The van der Waals surface area contributed by atoms with E-state index >= 15 is 0 Å². The van der Waals surface area contributed by atoms with Crippen LogP contribution in [0.15, 0.2) is 30.3 Å². The predicted molar refractivity (Wildman–Crippen MR) is 57.5 cm³/mol. The van der Waals surface area contributed by atoms with Gasteiger partial charge in [0.05, 0.1) is 18.4 Å². The average molecular weight is 224 g/mol. The number of nitrogens with one attached hydrogen (secondary N) is 1. The topological polar surface area (TPSA) is 70.0 Å². The minimum Gasteiger partial charge on any atom is -0.212 e. The molecule has 0 radical (unpaired) electrons. The quantitative estimate of drug-likeness (QED) is 0.747. The molecule has 1 aromatic rings. The van der Waals surface area contributed by atoms with Gasteiger partial charge in [-0.3, -0.25) is 0 Å². The van der Waals surface area contributed by atoms with Crippen molar-refractivity contribution in [1.29, 1.82) is 5.26 Å². The van der Waals surface area contributed by atoms with Crippen molar-refractivity contribution < 1.29 is 8.42 Å². The first-order valence-corrected chi connectivity index (χ1v) is 6.17. The molecule has 0 bridgehead atoms. The highest BCUT2D eigenvalue weighted by molar-refractivity contribution is 7.89. The van der Waals surface area contributed by atoms with Gasteiger partial charge in [-0.15, -0.1) is 0 Å². The van der Waals surface area contributed by atoms with Crippen LogP contribution in [0.25, 0.3) is 0 Å². The molecule has 0 saturated carbocycles. The number of nitriles is 1. The van der Waals surface area contributed by atoms with Crippen molar-refractivity contribution in [3.63, 3.8) is 0 Å². The maximum Gasteiger partial charge on any atom is 0.212 e. The molecule has 0 unspecified atom stereocenters. The molecule has 0 aromatic heterocycles. The van der Waals surface area contributed by atoms with Gasteiger partial charge in [-0.05, 0) is 12.0 Å². The van der Waals surface area contributed by atoms with E-state index in [-0.39, 0.29) is 12.3 Å². The summed E-state index contributed by atoms with van der Waals surface area (Å²) in [6.45, 7) is -0.170. The summed E-state index contributed by atoms with van der Waals surface area (Å²) in [5, 5.41) is 8.24. The summed E-state index contributed by atoms with van der Waals surface area (Å²) < 4.78 is 24.8. The number of aryl methyl sites for hydroxylation is 1. The maximum absolute atomic E-state index is 11.3. The van der Waals surface area contributed by atoms with Crippen LogP contribution in [0, 0.1) is 11.3 Å². The highest BCUT2D eigenvalue weighted by atomic mass is 32.2. The van der Waals surface area contributed by atoms with Gasteiger partial charge in [-0.1, -0.05) is 30.3 Å². The Morgan fingerprint density at radius 2 is 1.93 bits per heavy atom. The van der Waals surface area contributed by atoms with Crippen molar-refractivity contribution in [3.8, 4) is 6.07 Å². The van der Waals surface area contributed by atoms with Gasteiger partial charge in [-0.2, -0.15) is 5.26 Å². The molecule has 0 aliphatic carbocycles. The third-order valence-electron chi connectivity index (χ3n) is 1.87. The van der Waals surface area contributed by atoms with E-state index in [1.54, 1.807) is 6.07 Å². The summed E-state index contributed by atoms with van der Waals surface area (Å²) >= 11 is 0. The molecule has 15 heavy (non-hydrogen) atoms. The second kappa shape index (κ2) is 5.49. The number of hydrogen-bond donors (Lipinski definition) is 1. The van der Waals surface area contributed by atoms with E-state index in [0.29, 0.717) is 6.42 Å². The lowest BCUT2D eigenvalue weighted by atomic mass is 10.2. The van der Waals surface area contributed by atoms with Crippen LogP contribution in [0.2, 0.25) is 0 Å². The lowest BCUT2D eigenvalue weighted by Gasteiger charge is -2.03. The monoisotopic (exact) mass is 224 g/mol. The first-order chi connectivity index (χ1) is 7.14. The highest BCUT2D eigenvalue weighted by Crippen LogP contribution is 2.00. The average Bonchev–Trinajstić information content (AvgIpc) is 2.25. The predicted octanol–water partition coefficient (Wildman–Crippen LogP) is 0.672. The van der Waals surface area contributed by atoms with Crippen LogP contribution in [-0.4, -0.2) is 20.7 Å². The summed E-state index contributed by atoms with van der Waals surface area (Å²) in [5.41, 5.74) is 0.972. The molecule has 1 rings (SSSR count). The van der Waals surface area contributed by atoms with Crippen LogP contribution >= 0.6 is 0 Å². The van der Waals surface area contributed by atoms with Gasteiger partial charge < -0.3 is 0 Å². The van der Waals surface area contributed by atoms with Crippen molar-refractivity contribution in [2.45, 2.75) is 6.42 Å². The lowest BCUT2D eigenvalue weighted by Crippen LogP contribution is -2.27. The Hall–Kier alpha value is -1.38. The van der Waals surface area contributed by atoms with E-state index in [0.717, 1.165) is 5.56 Å². The van der Waals surface area contributed by atoms with E-state index in [2.05, 4.69) is 4.72 Å². The Labute approximate surface area is 89.6 Å². The van der Waals surface area contributed by atoms with Crippen LogP contribution in [0.1, 0.15) is 5.56 Å². The molecule has 0 atom stereocenters. The molecule has 0 heterocycles. The van der Waals surface area contributed by atoms with Crippen LogP contribution in [0.5, 0.6) is 0 Å². The van der Waals surface area contributed by atoms with Gasteiger partial charge in [0.2, 0.25) is 10.0 Å². The van der Waals surface area contributed by atoms with Crippen LogP contribution in [0.3, 0.4) is 0 Å². The summed E-state index contributed by atoms with van der Waals surface area (Å²) in [4.78, 5) is 0. The minimum absolute atomic E-state index is 0.0126. The number of hydrogen-bond acceptors (Lipinski definition) is 3. The summed E-state index contributed by atoms with van der Waals surface area (Å²) in [6, 6.07) is 11.1. The SMILES string of the molecule is N#CCNS(=O)(=O)CCc1ccccc1. The van der Waals surface area contributed by atoms with Gasteiger partial charge in [0, 0.05) is 0 Å². The van der Waals surface area contributed by atoms with Gasteiger partial charge in [0.15, 0.2) is 0 Å². The van der Waals surface area contributed by atoms with Gasteiger partial charge in [0.1, 0.15) is 0 Å². The Kier molecular flexibility index (Phi) is 4.28. The fraction of sp³-hybridized carbons (Fsp3) is 0.300. The third-order valence-corrected chi connectivity index (χ3v) is 3.20. The second-order valence-corrected chi connectivity index (χ2v) is 4.96. The Morgan fingerprint density at radius 1 is 1.27 bits per heavy atom. The van der Waals surface area contributed by atoms with E-state index in [4.69, 9.17) is 5.26 Å². The van der Waals surface area contributed by atoms with E-state index in [1.165, 1.54) is 0 Å². The first-order valence-electron chi connectivity index (χ1n) is 4.52. The first kappa shape index (κ1) is 11.7. The molecule has 1 aromatic carbocycles. The number of nitrogens with zero attached hydrogens (tertiary/aromatic N) is 1. The molecule has 4 nitrogen and oxygen atoms in total. The standard InChI is InChI=1S/C10H12N2O2S/c11-7-8-12-15(13,14)9-6-10-4-2-1-3-5-10/h1-5,12H,6,8-9H2. The Balaban J connectivity index is 2.47. The summed E-state index contributed by atoms with van der Waals surface area (Å²) in [5.74, 6) is 0.0126. The van der Waals surface area contributed by atoms with E-state index in [1.807, 2.05) is 30.3 Å². The summed E-state index contributed by atoms with van der Waals surface area (Å²) in [6.07, 6.45) is 0.460. The zero-order valence-electron chi connectivity index (χ0n) is 8.18. The van der Waals surface area contributed by atoms with Crippen molar-refractivity contribution in [3.05, 3.63) is 35.9 Å². The number of benzene rings is 1. The minimum atomic E-state index is -3.31. The van der Waals surface area contributed by atoms with Crippen LogP contribution in [-0.2, 0) is 16.4 Å². The molecule has 0 aliphatic rings. The largest absolute Gasteiger partial charge is 0.212 e. The van der Waals surface area contributed by atoms with Gasteiger partial charge >= 0.3 is 0 Å². The molecular weight excluding hydrogens is 212 g/mol. The fourth-order valence-corrected chi connectivity index (χ4v) is 2.04. The number of rotatable bonds is 5. The zero-order chi connectivity index (χ0) is 11.1. The molecule has 0 aliphatic heterocycles. The van der Waals surface area contributed by atoms with Crippen molar-refractivity contribution >= 4 is 10.0 Å². The Bertz CT molecular complexity index is 434. The molecular formula is C10H12N2O2S. The maximum atomic E-state index is 11.3. The molecule has 1 N–H and O–H groups in total. The molecule has 0 fully saturated rings. The van der Waals surface area contributed by atoms with Gasteiger partial charge in [0.25, 0.3) is 0 Å². The smallest absolute Gasteiger partial charge is 0.212 e. The Morgan fingerprint density at radius 3 is 2.53 bits per heavy atom. The van der Waals surface area contributed by atoms with Crippen molar-refractivity contribution in [1.82, 2.24) is 4.72 Å². The third kappa shape index (κ3) is 4.58. The molecule has 0 saturated heterocycles. The molecule has 5 heteroatoms. The lowest BCUT2D eigenvalue weighted by molar-refractivity contribution is 0.585. The fourth-order valence-electron chi connectivity index (χ4n) is 1.11. The number of sulfonamides is 1. The van der Waals surface area contributed by atoms with Crippen LogP contribution in [0.4, 0.5) is 0 Å². The van der Waals surface area contributed by atoms with Gasteiger partial charge in [-0.25, -0.2) is 13.1 Å². The highest BCUT2D eigenvalue weighted by Gasteiger charge is 2.08. The molecule has 0 amide bonds. The van der Waals surface area contributed by atoms with Crippen molar-refractivity contribution in [2.75, 3.05) is 12.3 Å².